The van der Waals surface area contributed by atoms with E-state index < -0.39 is 0 Å². The van der Waals surface area contributed by atoms with Crippen molar-refractivity contribution in [3.8, 4) is 0 Å². The maximum Gasteiger partial charge on any atom is -0.0197 e. The Morgan fingerprint density at radius 3 is 2.77 bits per heavy atom. The van der Waals surface area contributed by atoms with Gasteiger partial charge in [-0.25, -0.2) is 0 Å². The fraction of sp³-hybridized carbons (Fsp3) is 0.846. The molecule has 2 aliphatic carbocycles. The first-order valence-corrected chi connectivity index (χ1v) is 6.10. The third-order valence-electron chi connectivity index (χ3n) is 3.77. The molecular weight excluding hydrogens is 156 g/mol. The summed E-state index contributed by atoms with van der Waals surface area (Å²) in [4.78, 5) is 0. The molecule has 0 aromatic carbocycles. The molecule has 1 fully saturated rings. The molecular formula is C13H22. The SMILES string of the molecule is CCCCCCC1=C[C@@H]2CC[C@H]1C2. The van der Waals surface area contributed by atoms with Gasteiger partial charge in [0.25, 0.3) is 0 Å². The molecule has 13 heavy (non-hydrogen) atoms. The Morgan fingerprint density at radius 2 is 2.15 bits per heavy atom. The van der Waals surface area contributed by atoms with E-state index in [9.17, 15) is 0 Å². The maximum atomic E-state index is 2.60. The average molecular weight is 178 g/mol. The molecule has 0 aromatic rings. The third kappa shape index (κ3) is 2.15. The van der Waals surface area contributed by atoms with Gasteiger partial charge >= 0.3 is 0 Å². The van der Waals surface area contributed by atoms with Crippen LogP contribution in [0.3, 0.4) is 0 Å². The zero-order chi connectivity index (χ0) is 9.10. The maximum absolute atomic E-state index is 2.60. The highest BCUT2D eigenvalue weighted by Crippen LogP contribution is 2.45. The van der Waals surface area contributed by atoms with Crippen LogP contribution in [0.1, 0.15) is 58.3 Å². The van der Waals surface area contributed by atoms with E-state index in [4.69, 9.17) is 0 Å². The molecule has 2 rings (SSSR count). The second-order valence-electron chi connectivity index (χ2n) is 4.82. The summed E-state index contributed by atoms with van der Waals surface area (Å²) in [6.45, 7) is 2.29. The van der Waals surface area contributed by atoms with Crippen molar-refractivity contribution in [1.82, 2.24) is 0 Å². The molecule has 74 valence electrons. The van der Waals surface area contributed by atoms with Crippen LogP contribution < -0.4 is 0 Å². The Labute approximate surface area is 82.4 Å². The minimum absolute atomic E-state index is 0.992. The van der Waals surface area contributed by atoms with E-state index in [0.717, 1.165) is 11.8 Å². The summed E-state index contributed by atoms with van der Waals surface area (Å²) in [6, 6.07) is 0. The lowest BCUT2D eigenvalue weighted by Gasteiger charge is -2.12. The van der Waals surface area contributed by atoms with E-state index in [2.05, 4.69) is 13.0 Å². The van der Waals surface area contributed by atoms with Crippen LogP contribution in [-0.4, -0.2) is 0 Å². The van der Waals surface area contributed by atoms with E-state index in [1.807, 2.05) is 5.57 Å². The number of fused-ring (bicyclic) bond motifs is 2. The lowest BCUT2D eigenvalue weighted by molar-refractivity contribution is 0.588. The fourth-order valence-electron chi connectivity index (χ4n) is 2.99. The molecule has 0 aromatic heterocycles. The van der Waals surface area contributed by atoms with Crippen LogP contribution in [0.5, 0.6) is 0 Å². The molecule has 0 heteroatoms. The zero-order valence-electron chi connectivity index (χ0n) is 8.89. The molecule has 0 nitrogen and oxygen atoms in total. The number of hydrogen-bond acceptors (Lipinski definition) is 0. The Morgan fingerprint density at radius 1 is 1.23 bits per heavy atom. The summed E-state index contributed by atoms with van der Waals surface area (Å²) in [6.07, 6.45) is 14.2. The van der Waals surface area contributed by atoms with Gasteiger partial charge in [-0.1, -0.05) is 37.8 Å². The molecule has 0 radical (unpaired) electrons. The third-order valence-corrected chi connectivity index (χ3v) is 3.77. The van der Waals surface area contributed by atoms with Gasteiger partial charge < -0.3 is 0 Å². The molecule has 2 atom stereocenters. The van der Waals surface area contributed by atoms with Crippen LogP contribution in [0.15, 0.2) is 11.6 Å². The van der Waals surface area contributed by atoms with Gasteiger partial charge in [0.05, 0.1) is 0 Å². The van der Waals surface area contributed by atoms with Gasteiger partial charge in [0.15, 0.2) is 0 Å². The van der Waals surface area contributed by atoms with Crippen molar-refractivity contribution in [2.24, 2.45) is 11.8 Å². The molecule has 2 bridgehead atoms. The monoisotopic (exact) mass is 178 g/mol. The summed E-state index contributed by atoms with van der Waals surface area (Å²) in [5.41, 5.74) is 1.83. The molecule has 0 N–H and O–H groups in total. The Bertz CT molecular complexity index is 190. The summed E-state index contributed by atoms with van der Waals surface area (Å²) in [5, 5.41) is 0. The van der Waals surface area contributed by atoms with Gasteiger partial charge in [0.2, 0.25) is 0 Å². The number of hydrogen-bond donors (Lipinski definition) is 0. The Kier molecular flexibility index (Phi) is 3.08. The normalized spacial score (nSPS) is 31.0. The van der Waals surface area contributed by atoms with Crippen molar-refractivity contribution in [1.29, 1.82) is 0 Å². The van der Waals surface area contributed by atoms with Crippen LogP contribution in [-0.2, 0) is 0 Å². The highest BCUT2D eigenvalue weighted by atomic mass is 14.4. The molecule has 0 saturated heterocycles. The summed E-state index contributed by atoms with van der Waals surface area (Å²) in [5.74, 6) is 2.01. The average Bonchev–Trinajstić information content (AvgIpc) is 2.73. The molecule has 0 amide bonds. The summed E-state index contributed by atoms with van der Waals surface area (Å²) < 4.78 is 0. The molecule has 2 aliphatic rings. The first-order valence-electron chi connectivity index (χ1n) is 6.10. The fourth-order valence-corrected chi connectivity index (χ4v) is 2.99. The lowest BCUT2D eigenvalue weighted by atomic mass is 9.94. The summed E-state index contributed by atoms with van der Waals surface area (Å²) in [7, 11) is 0. The Hall–Kier alpha value is -0.260. The van der Waals surface area contributed by atoms with E-state index >= 15 is 0 Å². The van der Waals surface area contributed by atoms with Crippen LogP contribution in [0, 0.1) is 11.8 Å². The van der Waals surface area contributed by atoms with Crippen molar-refractivity contribution >= 4 is 0 Å². The van der Waals surface area contributed by atoms with Gasteiger partial charge in [-0.05, 0) is 43.9 Å². The van der Waals surface area contributed by atoms with Gasteiger partial charge in [-0.2, -0.15) is 0 Å². The second-order valence-corrected chi connectivity index (χ2v) is 4.82. The number of unbranched alkanes of at least 4 members (excludes halogenated alkanes) is 3. The predicted molar refractivity (Wildman–Crippen MR) is 57.7 cm³/mol. The minimum Gasteiger partial charge on any atom is -0.0819 e. The summed E-state index contributed by atoms with van der Waals surface area (Å²) >= 11 is 0. The van der Waals surface area contributed by atoms with Crippen molar-refractivity contribution < 1.29 is 0 Å². The topological polar surface area (TPSA) is 0 Å². The van der Waals surface area contributed by atoms with Crippen molar-refractivity contribution in [3.05, 3.63) is 11.6 Å². The highest BCUT2D eigenvalue weighted by Gasteiger charge is 2.31. The molecule has 0 heterocycles. The second kappa shape index (κ2) is 4.30. The van der Waals surface area contributed by atoms with Crippen LogP contribution in [0.2, 0.25) is 0 Å². The largest absolute Gasteiger partial charge is 0.0819 e. The first kappa shape index (κ1) is 9.30. The smallest absolute Gasteiger partial charge is 0.0197 e. The van der Waals surface area contributed by atoms with E-state index in [0.29, 0.717) is 0 Å². The quantitative estimate of drug-likeness (QED) is 0.434. The van der Waals surface area contributed by atoms with Gasteiger partial charge in [-0.3, -0.25) is 0 Å². The van der Waals surface area contributed by atoms with Crippen molar-refractivity contribution in [2.75, 3.05) is 0 Å². The van der Waals surface area contributed by atoms with Crippen LogP contribution in [0.4, 0.5) is 0 Å². The predicted octanol–water partition coefficient (Wildman–Crippen LogP) is 4.31. The van der Waals surface area contributed by atoms with Gasteiger partial charge in [0, 0.05) is 0 Å². The van der Waals surface area contributed by atoms with E-state index in [-0.39, 0.29) is 0 Å². The standard InChI is InChI=1S/C13H22/c1-2-3-4-5-6-12-9-11-7-8-13(12)10-11/h9,11,13H,2-8,10H2,1H3/t11-,13-/m0/s1. The molecule has 1 saturated carbocycles. The zero-order valence-corrected chi connectivity index (χ0v) is 8.89. The minimum atomic E-state index is 0.992. The highest BCUT2D eigenvalue weighted by molar-refractivity contribution is 5.19. The van der Waals surface area contributed by atoms with Gasteiger partial charge in [0.1, 0.15) is 0 Å². The molecule has 0 spiro atoms. The lowest BCUT2D eigenvalue weighted by Crippen LogP contribution is -1.97. The van der Waals surface area contributed by atoms with Crippen molar-refractivity contribution in [2.45, 2.75) is 58.3 Å². The van der Waals surface area contributed by atoms with Crippen LogP contribution >= 0.6 is 0 Å². The number of rotatable bonds is 5. The van der Waals surface area contributed by atoms with Crippen molar-refractivity contribution in [3.63, 3.8) is 0 Å². The van der Waals surface area contributed by atoms with Gasteiger partial charge in [-0.15, -0.1) is 0 Å². The molecule has 0 unspecified atom stereocenters. The Balaban J connectivity index is 1.68. The van der Waals surface area contributed by atoms with E-state index in [1.165, 1.54) is 51.4 Å². The first-order chi connectivity index (χ1) is 6.40. The molecule has 0 aliphatic heterocycles. The van der Waals surface area contributed by atoms with E-state index in [1.54, 1.807) is 0 Å². The number of allylic oxidation sites excluding steroid dienone is 2. The van der Waals surface area contributed by atoms with Crippen LogP contribution in [0.25, 0.3) is 0 Å².